The van der Waals surface area contributed by atoms with Crippen LogP contribution in [0.15, 0.2) is 53.7 Å². The van der Waals surface area contributed by atoms with Crippen LogP contribution in [0.2, 0.25) is 10.0 Å². The summed E-state index contributed by atoms with van der Waals surface area (Å²) in [4.78, 5) is 20.5. The number of benzene rings is 2. The molecular weight excluding hydrogens is 407 g/mol. The molecule has 1 heterocycles. The molecular formula is C23H26Cl2N2O2. The summed E-state index contributed by atoms with van der Waals surface area (Å²) in [5, 5.41) is 5.58. The van der Waals surface area contributed by atoms with Crippen LogP contribution in [0.25, 0.3) is 0 Å². The lowest BCUT2D eigenvalue weighted by molar-refractivity contribution is -0.135. The molecule has 0 aliphatic carbocycles. The van der Waals surface area contributed by atoms with Gasteiger partial charge < -0.3 is 9.74 Å². The summed E-state index contributed by atoms with van der Waals surface area (Å²) >= 11 is 12.3. The Morgan fingerprint density at radius 1 is 1.14 bits per heavy atom. The molecule has 1 aliphatic heterocycles. The fourth-order valence-electron chi connectivity index (χ4n) is 3.24. The lowest BCUT2D eigenvalue weighted by Gasteiger charge is -2.28. The number of rotatable bonds is 6. The van der Waals surface area contributed by atoms with E-state index in [1.54, 1.807) is 0 Å². The Kier molecular flexibility index (Phi) is 6.86. The summed E-state index contributed by atoms with van der Waals surface area (Å²) in [5.41, 5.74) is 2.67. The van der Waals surface area contributed by atoms with E-state index >= 15 is 0 Å². The highest BCUT2D eigenvalue weighted by molar-refractivity contribution is 6.31. The van der Waals surface area contributed by atoms with Crippen LogP contribution in [-0.2, 0) is 16.2 Å². The minimum Gasteiger partial charge on any atom is -0.390 e. The van der Waals surface area contributed by atoms with Crippen molar-refractivity contribution in [2.24, 2.45) is 10.6 Å². The van der Waals surface area contributed by atoms with Crippen LogP contribution < -0.4 is 0 Å². The Hall–Kier alpha value is -2.04. The summed E-state index contributed by atoms with van der Waals surface area (Å²) < 4.78 is 0. The zero-order valence-electron chi connectivity index (χ0n) is 17.0. The van der Waals surface area contributed by atoms with E-state index in [0.717, 1.165) is 16.8 Å². The number of nitrogens with zero attached hydrogens (tertiary/aromatic N) is 2. The fraction of sp³-hybridized carbons (Fsp3) is 0.391. The molecule has 0 radical (unpaired) electrons. The summed E-state index contributed by atoms with van der Waals surface area (Å²) in [6.07, 6.45) is 0.908. The molecule has 0 bridgehead atoms. The molecule has 154 valence electrons. The van der Waals surface area contributed by atoms with E-state index in [1.807, 2.05) is 53.4 Å². The Labute approximate surface area is 182 Å². The Balaban J connectivity index is 1.71. The van der Waals surface area contributed by atoms with Gasteiger partial charge in [0.25, 0.3) is 0 Å². The monoisotopic (exact) mass is 432 g/mol. The third-order valence-electron chi connectivity index (χ3n) is 4.69. The normalized spacial score (nSPS) is 16.3. The number of amides is 1. The Morgan fingerprint density at radius 2 is 1.83 bits per heavy atom. The van der Waals surface area contributed by atoms with Gasteiger partial charge in [-0.3, -0.25) is 4.79 Å². The van der Waals surface area contributed by atoms with Crippen molar-refractivity contribution >= 4 is 34.8 Å². The molecule has 4 nitrogen and oxygen atoms in total. The number of hydrogen-bond donors (Lipinski definition) is 0. The highest BCUT2D eigenvalue weighted by Crippen LogP contribution is 2.25. The first-order chi connectivity index (χ1) is 13.7. The predicted octanol–water partition coefficient (Wildman–Crippen LogP) is 5.95. The minimum atomic E-state index is -0.188. The van der Waals surface area contributed by atoms with E-state index in [9.17, 15) is 4.79 Å². The molecule has 1 amide bonds. The number of carbonyl (C=O) groups is 1. The smallest absolute Gasteiger partial charge is 0.223 e. The van der Waals surface area contributed by atoms with Crippen LogP contribution in [-0.4, -0.2) is 29.2 Å². The number of hydrogen-bond acceptors (Lipinski definition) is 3. The predicted molar refractivity (Wildman–Crippen MR) is 118 cm³/mol. The maximum atomic E-state index is 13.0. The lowest BCUT2D eigenvalue weighted by Crippen LogP contribution is -2.38. The zero-order valence-corrected chi connectivity index (χ0v) is 18.5. The van der Waals surface area contributed by atoms with Crippen molar-refractivity contribution in [3.8, 4) is 0 Å². The van der Waals surface area contributed by atoms with E-state index in [4.69, 9.17) is 28.0 Å². The molecule has 0 fully saturated rings. The second-order valence-corrected chi connectivity index (χ2v) is 9.42. The average Bonchev–Trinajstić information content (AvgIpc) is 3.10. The average molecular weight is 433 g/mol. The Morgan fingerprint density at radius 3 is 2.48 bits per heavy atom. The van der Waals surface area contributed by atoms with Gasteiger partial charge in [0, 0.05) is 29.4 Å². The Bertz CT molecular complexity index is 888. The molecule has 1 aliphatic rings. The lowest BCUT2D eigenvalue weighted by atomic mass is 9.91. The molecule has 0 unspecified atom stereocenters. The maximum absolute atomic E-state index is 13.0. The molecule has 0 aromatic heterocycles. The third kappa shape index (κ3) is 6.22. The van der Waals surface area contributed by atoms with Crippen LogP contribution in [0, 0.1) is 5.41 Å². The molecule has 29 heavy (non-hydrogen) atoms. The minimum absolute atomic E-state index is 0.0842. The van der Waals surface area contributed by atoms with E-state index in [2.05, 4.69) is 25.9 Å². The largest absolute Gasteiger partial charge is 0.390 e. The highest BCUT2D eigenvalue weighted by Gasteiger charge is 2.29. The van der Waals surface area contributed by atoms with Crippen molar-refractivity contribution < 1.29 is 9.63 Å². The molecule has 0 N–H and O–H groups in total. The van der Waals surface area contributed by atoms with Crippen LogP contribution >= 0.6 is 23.2 Å². The van der Waals surface area contributed by atoms with E-state index < -0.39 is 0 Å². The van der Waals surface area contributed by atoms with E-state index in [1.165, 1.54) is 0 Å². The van der Waals surface area contributed by atoms with Crippen LogP contribution in [0.3, 0.4) is 0 Å². The van der Waals surface area contributed by atoms with Gasteiger partial charge in [0.15, 0.2) is 6.10 Å². The van der Waals surface area contributed by atoms with Crippen LogP contribution in [0.4, 0.5) is 0 Å². The molecule has 6 heteroatoms. The molecule has 2 aromatic rings. The quantitative estimate of drug-likeness (QED) is 0.565. The SMILES string of the molecule is CC(C)(C)CC(=O)N(Cc1ccccc1Cl)C[C@H]1CC(c2ccc(Cl)cc2)=NO1. The maximum Gasteiger partial charge on any atom is 0.223 e. The molecule has 1 atom stereocenters. The fourth-order valence-corrected chi connectivity index (χ4v) is 3.56. The number of halogens is 2. The van der Waals surface area contributed by atoms with Gasteiger partial charge in [0.05, 0.1) is 12.3 Å². The van der Waals surface area contributed by atoms with Crippen molar-refractivity contribution in [1.82, 2.24) is 4.90 Å². The van der Waals surface area contributed by atoms with Gasteiger partial charge in [-0.1, -0.05) is 79.5 Å². The molecule has 0 spiro atoms. The van der Waals surface area contributed by atoms with Crippen LogP contribution in [0.1, 0.15) is 44.7 Å². The molecule has 3 rings (SSSR count). The van der Waals surface area contributed by atoms with Gasteiger partial charge in [0.2, 0.25) is 5.91 Å². The first-order valence-corrected chi connectivity index (χ1v) is 10.5. The van der Waals surface area contributed by atoms with Gasteiger partial charge in [-0.05, 0) is 34.7 Å². The molecule has 2 aromatic carbocycles. The molecule has 0 saturated carbocycles. The summed E-state index contributed by atoms with van der Waals surface area (Å²) in [5.74, 6) is 0.0842. The van der Waals surface area contributed by atoms with Gasteiger partial charge in [-0.25, -0.2) is 0 Å². The highest BCUT2D eigenvalue weighted by atomic mass is 35.5. The van der Waals surface area contributed by atoms with Gasteiger partial charge >= 0.3 is 0 Å². The van der Waals surface area contributed by atoms with Crippen LogP contribution in [0.5, 0.6) is 0 Å². The van der Waals surface area contributed by atoms with Crippen molar-refractivity contribution in [3.05, 3.63) is 69.7 Å². The standard InChI is InChI=1S/C23H26Cl2N2O2/c1-23(2,3)13-22(28)27(14-17-6-4-5-7-20(17)25)15-19-12-21(26-29-19)16-8-10-18(24)11-9-16/h4-11,19H,12-15H2,1-3H3/t19-/m1/s1. The second kappa shape index (κ2) is 9.19. The third-order valence-corrected chi connectivity index (χ3v) is 5.31. The van der Waals surface area contributed by atoms with Crippen molar-refractivity contribution in [2.75, 3.05) is 6.54 Å². The first kappa shape index (κ1) is 21.7. The van der Waals surface area contributed by atoms with E-state index in [-0.39, 0.29) is 17.4 Å². The second-order valence-electron chi connectivity index (χ2n) is 8.58. The van der Waals surface area contributed by atoms with Gasteiger partial charge in [0.1, 0.15) is 0 Å². The first-order valence-electron chi connectivity index (χ1n) is 9.71. The van der Waals surface area contributed by atoms with Gasteiger partial charge in [-0.15, -0.1) is 0 Å². The number of oxime groups is 1. The topological polar surface area (TPSA) is 41.9 Å². The summed E-state index contributed by atoms with van der Waals surface area (Å²) in [7, 11) is 0. The molecule has 0 saturated heterocycles. The number of carbonyl (C=O) groups excluding carboxylic acids is 1. The summed E-state index contributed by atoms with van der Waals surface area (Å²) in [6.45, 7) is 7.09. The van der Waals surface area contributed by atoms with Crippen molar-refractivity contribution in [1.29, 1.82) is 0 Å². The van der Waals surface area contributed by atoms with Gasteiger partial charge in [-0.2, -0.15) is 0 Å². The zero-order chi connectivity index (χ0) is 21.0. The summed E-state index contributed by atoms with van der Waals surface area (Å²) in [6, 6.07) is 15.1. The van der Waals surface area contributed by atoms with E-state index in [0.29, 0.717) is 36.0 Å². The van der Waals surface area contributed by atoms with Crippen molar-refractivity contribution in [2.45, 2.75) is 46.3 Å². The van der Waals surface area contributed by atoms with Crippen molar-refractivity contribution in [3.63, 3.8) is 0 Å².